The molecule has 0 radical (unpaired) electrons. The van der Waals surface area contributed by atoms with E-state index in [1.807, 2.05) is 0 Å². The Bertz CT molecular complexity index is 550. The summed E-state index contributed by atoms with van der Waals surface area (Å²) in [5, 5.41) is 21.6. The summed E-state index contributed by atoms with van der Waals surface area (Å²) in [7, 11) is 0. The predicted molar refractivity (Wildman–Crippen MR) is 55.6 cm³/mol. The summed E-state index contributed by atoms with van der Waals surface area (Å²) in [5.74, 6) is -1.42. The molecule has 0 spiro atoms. The molecule has 0 saturated heterocycles. The molecule has 0 aliphatic carbocycles. The van der Waals surface area contributed by atoms with Crippen LogP contribution in [0.2, 0.25) is 5.15 Å². The molecule has 2 aromatic rings. The fourth-order valence-electron chi connectivity index (χ4n) is 1.31. The number of aromatic hydroxyl groups is 1. The maximum atomic E-state index is 10.9. The molecule has 16 heavy (non-hydrogen) atoms. The Kier molecular flexibility index (Phi) is 2.54. The highest BCUT2D eigenvalue weighted by atomic mass is 35.5. The van der Waals surface area contributed by atoms with Crippen molar-refractivity contribution in [2.45, 2.75) is 0 Å². The number of halogens is 1. The number of hydrogen-bond acceptors (Lipinski definition) is 4. The van der Waals surface area contributed by atoms with Crippen LogP contribution in [0, 0.1) is 0 Å². The number of nitrogens with zero attached hydrogens (tertiary/aromatic N) is 1. The Morgan fingerprint density at radius 3 is 2.69 bits per heavy atom. The van der Waals surface area contributed by atoms with Gasteiger partial charge in [0.1, 0.15) is 11.3 Å². The zero-order valence-corrected chi connectivity index (χ0v) is 8.60. The molecular formula is C10H6ClNO4. The molecule has 0 atom stereocenters. The minimum Gasteiger partial charge on any atom is -0.507 e. The minimum atomic E-state index is -1.26. The Balaban J connectivity index is 2.66. The van der Waals surface area contributed by atoms with Gasteiger partial charge in [0.15, 0.2) is 10.9 Å². The summed E-state index contributed by atoms with van der Waals surface area (Å²) in [4.78, 5) is 10.9. The van der Waals surface area contributed by atoms with E-state index in [2.05, 4.69) is 5.16 Å². The summed E-state index contributed by atoms with van der Waals surface area (Å²) in [5.41, 5.74) is -0.0255. The molecule has 1 heterocycles. The number of aromatic nitrogens is 1. The van der Waals surface area contributed by atoms with Crippen molar-refractivity contribution < 1.29 is 19.5 Å². The van der Waals surface area contributed by atoms with Crippen LogP contribution in [-0.4, -0.2) is 21.3 Å². The lowest BCUT2D eigenvalue weighted by molar-refractivity contribution is 0.0697. The molecule has 0 unspecified atom stereocenters. The van der Waals surface area contributed by atoms with Crippen molar-refractivity contribution in [3.8, 4) is 17.1 Å². The van der Waals surface area contributed by atoms with Gasteiger partial charge in [0.25, 0.3) is 0 Å². The number of hydrogen-bond donors (Lipinski definition) is 2. The average molecular weight is 240 g/mol. The van der Waals surface area contributed by atoms with E-state index in [9.17, 15) is 9.90 Å². The third-order valence-corrected chi connectivity index (χ3v) is 2.27. The Labute approximate surface area is 94.9 Å². The van der Waals surface area contributed by atoms with Crippen LogP contribution >= 0.6 is 11.6 Å². The van der Waals surface area contributed by atoms with E-state index in [-0.39, 0.29) is 27.8 Å². The first-order valence-electron chi connectivity index (χ1n) is 4.28. The average Bonchev–Trinajstić information content (AvgIpc) is 2.61. The molecular weight excluding hydrogens is 234 g/mol. The molecule has 1 aromatic carbocycles. The molecule has 6 heteroatoms. The number of carboxylic acids is 1. The Hall–Kier alpha value is -2.01. The molecule has 0 fully saturated rings. The number of para-hydroxylation sites is 1. The molecule has 0 bridgehead atoms. The van der Waals surface area contributed by atoms with E-state index in [1.54, 1.807) is 12.1 Å². The Morgan fingerprint density at radius 2 is 2.06 bits per heavy atom. The third kappa shape index (κ3) is 1.61. The number of carbonyl (C=O) groups is 1. The zero-order valence-electron chi connectivity index (χ0n) is 7.85. The smallest absolute Gasteiger partial charge is 0.342 e. The van der Waals surface area contributed by atoms with Crippen LogP contribution in [0.4, 0.5) is 0 Å². The molecule has 82 valence electrons. The molecule has 1 aromatic heterocycles. The second-order valence-electron chi connectivity index (χ2n) is 3.00. The maximum Gasteiger partial charge on any atom is 0.342 e. The van der Waals surface area contributed by atoms with Crippen molar-refractivity contribution >= 4 is 17.6 Å². The first-order chi connectivity index (χ1) is 7.61. The molecule has 2 N–H and O–H groups in total. The highest BCUT2D eigenvalue weighted by molar-refractivity contribution is 6.33. The molecule has 0 aliphatic heterocycles. The molecule has 0 aliphatic rings. The van der Waals surface area contributed by atoms with Crippen molar-refractivity contribution in [3.63, 3.8) is 0 Å². The number of phenolic OH excluding ortho intramolecular Hbond substituents is 1. The molecule has 0 saturated carbocycles. The Morgan fingerprint density at radius 1 is 1.38 bits per heavy atom. The quantitative estimate of drug-likeness (QED) is 0.841. The minimum absolute atomic E-state index is 0.0596. The third-order valence-electron chi connectivity index (χ3n) is 2.01. The van der Waals surface area contributed by atoms with Crippen LogP contribution in [0.1, 0.15) is 10.4 Å². The van der Waals surface area contributed by atoms with E-state index in [1.165, 1.54) is 12.1 Å². The summed E-state index contributed by atoms with van der Waals surface area (Å²) in [6.45, 7) is 0. The highest BCUT2D eigenvalue weighted by Gasteiger charge is 2.24. The van der Waals surface area contributed by atoms with Gasteiger partial charge in [-0.3, -0.25) is 0 Å². The zero-order chi connectivity index (χ0) is 11.7. The van der Waals surface area contributed by atoms with Crippen molar-refractivity contribution in [1.82, 2.24) is 5.16 Å². The van der Waals surface area contributed by atoms with Crippen LogP contribution in [0.5, 0.6) is 5.75 Å². The second-order valence-corrected chi connectivity index (χ2v) is 3.36. The first kappa shape index (κ1) is 10.5. The predicted octanol–water partition coefficient (Wildman–Crippen LogP) is 2.40. The second kappa shape index (κ2) is 3.86. The SMILES string of the molecule is O=C(O)c1c(Cl)noc1-c1ccccc1O. The van der Waals surface area contributed by atoms with Crippen molar-refractivity contribution in [1.29, 1.82) is 0 Å². The topological polar surface area (TPSA) is 83.6 Å². The van der Waals surface area contributed by atoms with E-state index < -0.39 is 5.97 Å². The standard InChI is InChI=1S/C10H6ClNO4/c11-9-7(10(14)15)8(16-12-9)5-3-1-2-4-6(5)13/h1-4,13H,(H,14,15). The van der Waals surface area contributed by atoms with Gasteiger partial charge in [-0.1, -0.05) is 28.9 Å². The fraction of sp³-hybridized carbons (Fsp3) is 0. The summed E-state index contributed by atoms with van der Waals surface area (Å²) >= 11 is 5.57. The molecule has 0 amide bonds. The van der Waals surface area contributed by atoms with Crippen LogP contribution in [0.25, 0.3) is 11.3 Å². The van der Waals surface area contributed by atoms with Gasteiger partial charge in [-0.2, -0.15) is 0 Å². The van der Waals surface area contributed by atoms with E-state index in [4.69, 9.17) is 21.2 Å². The van der Waals surface area contributed by atoms with Gasteiger partial charge in [-0.05, 0) is 12.1 Å². The van der Waals surface area contributed by atoms with E-state index >= 15 is 0 Å². The monoisotopic (exact) mass is 239 g/mol. The largest absolute Gasteiger partial charge is 0.507 e. The highest BCUT2D eigenvalue weighted by Crippen LogP contribution is 2.34. The number of aromatic carboxylic acids is 1. The number of benzene rings is 1. The summed E-state index contributed by atoms with van der Waals surface area (Å²) in [6.07, 6.45) is 0. The van der Waals surface area contributed by atoms with E-state index in [0.29, 0.717) is 0 Å². The number of rotatable bonds is 2. The van der Waals surface area contributed by atoms with Crippen LogP contribution in [0.3, 0.4) is 0 Å². The fourth-order valence-corrected chi connectivity index (χ4v) is 1.51. The lowest BCUT2D eigenvalue weighted by Crippen LogP contribution is -1.97. The van der Waals surface area contributed by atoms with Gasteiger partial charge in [0.2, 0.25) is 0 Å². The van der Waals surface area contributed by atoms with E-state index in [0.717, 1.165) is 0 Å². The lowest BCUT2D eigenvalue weighted by Gasteiger charge is -2.00. The van der Waals surface area contributed by atoms with Crippen molar-refractivity contribution in [2.75, 3.05) is 0 Å². The van der Waals surface area contributed by atoms with Crippen LogP contribution in [-0.2, 0) is 0 Å². The molecule has 2 rings (SSSR count). The van der Waals surface area contributed by atoms with Gasteiger partial charge in [0.05, 0.1) is 5.56 Å². The van der Waals surface area contributed by atoms with Gasteiger partial charge < -0.3 is 14.7 Å². The summed E-state index contributed by atoms with van der Waals surface area (Å²) in [6, 6.07) is 6.17. The van der Waals surface area contributed by atoms with Gasteiger partial charge in [-0.25, -0.2) is 4.79 Å². The van der Waals surface area contributed by atoms with Crippen LogP contribution in [0.15, 0.2) is 28.8 Å². The first-order valence-corrected chi connectivity index (χ1v) is 4.66. The van der Waals surface area contributed by atoms with Gasteiger partial charge >= 0.3 is 5.97 Å². The number of carboxylic acid groups (broad SMARTS) is 1. The maximum absolute atomic E-state index is 10.9. The number of phenols is 1. The lowest BCUT2D eigenvalue weighted by atomic mass is 10.1. The van der Waals surface area contributed by atoms with Crippen molar-refractivity contribution in [2.24, 2.45) is 0 Å². The van der Waals surface area contributed by atoms with Crippen LogP contribution < -0.4 is 0 Å². The van der Waals surface area contributed by atoms with Gasteiger partial charge in [0, 0.05) is 0 Å². The normalized spacial score (nSPS) is 10.3. The van der Waals surface area contributed by atoms with Crippen molar-refractivity contribution in [3.05, 3.63) is 35.0 Å². The van der Waals surface area contributed by atoms with Gasteiger partial charge in [-0.15, -0.1) is 0 Å². The molecule has 5 nitrogen and oxygen atoms in total. The summed E-state index contributed by atoms with van der Waals surface area (Å²) < 4.78 is 4.80.